The van der Waals surface area contributed by atoms with Crippen LogP contribution in [-0.2, 0) is 11.0 Å². The second kappa shape index (κ2) is 8.84. The average molecular weight is 396 g/mol. The molecule has 0 aromatic heterocycles. The number of hydrogen-bond acceptors (Lipinski definition) is 6. The molecule has 0 saturated carbocycles. The number of nitrogens with one attached hydrogen (secondary N) is 2. The van der Waals surface area contributed by atoms with E-state index in [2.05, 4.69) is 15.8 Å². The molecule has 0 aliphatic carbocycles. The molecule has 11 heteroatoms. The van der Waals surface area contributed by atoms with Gasteiger partial charge in [-0.05, 0) is 24.3 Å². The zero-order valence-corrected chi connectivity index (χ0v) is 14.5. The molecule has 0 heterocycles. The third-order valence-corrected chi connectivity index (χ3v) is 3.42. The Morgan fingerprint density at radius 2 is 2.04 bits per heavy atom. The summed E-state index contributed by atoms with van der Waals surface area (Å²) in [6.45, 7) is -0.558. The van der Waals surface area contributed by atoms with E-state index in [0.29, 0.717) is 11.3 Å². The first-order valence-electron chi connectivity index (χ1n) is 7.79. The van der Waals surface area contributed by atoms with E-state index < -0.39 is 29.2 Å². The summed E-state index contributed by atoms with van der Waals surface area (Å²) in [6, 6.07) is 8.41. The van der Waals surface area contributed by atoms with E-state index in [1.807, 2.05) is 0 Å². The second-order valence-corrected chi connectivity index (χ2v) is 5.39. The van der Waals surface area contributed by atoms with Crippen molar-refractivity contribution < 1.29 is 27.6 Å². The van der Waals surface area contributed by atoms with Crippen LogP contribution in [-0.4, -0.2) is 30.7 Å². The van der Waals surface area contributed by atoms with E-state index in [9.17, 15) is 28.1 Å². The van der Waals surface area contributed by atoms with Gasteiger partial charge in [-0.25, -0.2) is 5.43 Å². The van der Waals surface area contributed by atoms with Crippen molar-refractivity contribution in [3.05, 3.63) is 63.7 Å². The van der Waals surface area contributed by atoms with Gasteiger partial charge < -0.3 is 10.1 Å². The Bertz CT molecular complexity index is 900. The Balaban J connectivity index is 1.92. The molecule has 2 aromatic rings. The highest BCUT2D eigenvalue weighted by Crippen LogP contribution is 2.31. The van der Waals surface area contributed by atoms with E-state index in [0.717, 1.165) is 18.2 Å². The van der Waals surface area contributed by atoms with Crippen LogP contribution in [0.25, 0.3) is 0 Å². The lowest BCUT2D eigenvalue weighted by atomic mass is 10.2. The number of hydrogen-bond donors (Lipinski definition) is 2. The van der Waals surface area contributed by atoms with Crippen molar-refractivity contribution in [1.29, 1.82) is 0 Å². The molecule has 148 valence electrons. The van der Waals surface area contributed by atoms with Gasteiger partial charge in [0, 0.05) is 18.7 Å². The summed E-state index contributed by atoms with van der Waals surface area (Å²) in [6.07, 6.45) is -3.33. The molecule has 28 heavy (non-hydrogen) atoms. The molecule has 8 nitrogen and oxygen atoms in total. The standard InChI is InChI=1S/C17H15F3N4O4/c1-21-14-6-5-11(7-15(14)24(26)27)9-22-23-16(25)10-28-13-4-2-3-12(8-13)17(18,19)20/h2-9,21H,10H2,1H3,(H,23,25)/b22-9+. The van der Waals surface area contributed by atoms with Crippen LogP contribution < -0.4 is 15.5 Å². The maximum atomic E-state index is 12.6. The van der Waals surface area contributed by atoms with Crippen molar-refractivity contribution in [3.8, 4) is 5.75 Å². The van der Waals surface area contributed by atoms with Gasteiger partial charge in [0.05, 0.1) is 16.7 Å². The van der Waals surface area contributed by atoms with Gasteiger partial charge in [-0.15, -0.1) is 0 Å². The monoisotopic (exact) mass is 396 g/mol. The van der Waals surface area contributed by atoms with E-state index in [1.54, 1.807) is 13.1 Å². The van der Waals surface area contributed by atoms with Crippen molar-refractivity contribution in [2.45, 2.75) is 6.18 Å². The van der Waals surface area contributed by atoms with Gasteiger partial charge in [-0.2, -0.15) is 18.3 Å². The van der Waals surface area contributed by atoms with Gasteiger partial charge in [0.15, 0.2) is 6.61 Å². The predicted molar refractivity (Wildman–Crippen MR) is 95.3 cm³/mol. The molecule has 1 amide bonds. The first kappa shape index (κ1) is 20.7. The Kier molecular flexibility index (Phi) is 6.53. The molecule has 0 aliphatic rings. The second-order valence-electron chi connectivity index (χ2n) is 5.39. The van der Waals surface area contributed by atoms with Gasteiger partial charge in [-0.3, -0.25) is 14.9 Å². The van der Waals surface area contributed by atoms with Gasteiger partial charge >= 0.3 is 6.18 Å². The van der Waals surface area contributed by atoms with E-state index >= 15 is 0 Å². The highest BCUT2D eigenvalue weighted by Gasteiger charge is 2.30. The molecule has 0 aliphatic heterocycles. The highest BCUT2D eigenvalue weighted by atomic mass is 19.4. The molecule has 0 spiro atoms. The summed E-state index contributed by atoms with van der Waals surface area (Å²) in [4.78, 5) is 22.1. The van der Waals surface area contributed by atoms with Gasteiger partial charge in [0.2, 0.25) is 0 Å². The molecule has 2 aromatic carbocycles. The number of hydrazone groups is 1. The number of alkyl halides is 3. The normalized spacial score (nSPS) is 11.3. The van der Waals surface area contributed by atoms with Crippen molar-refractivity contribution in [1.82, 2.24) is 5.43 Å². The molecule has 0 bridgehead atoms. The minimum Gasteiger partial charge on any atom is -0.484 e. The SMILES string of the molecule is CNc1ccc(/C=N/NC(=O)COc2cccc(C(F)(F)F)c2)cc1[N+](=O)[O-]. The molecular formula is C17H15F3N4O4. The zero-order chi connectivity index (χ0) is 20.7. The largest absolute Gasteiger partial charge is 0.484 e. The van der Waals surface area contributed by atoms with Gasteiger partial charge in [0.25, 0.3) is 11.6 Å². The summed E-state index contributed by atoms with van der Waals surface area (Å²) in [7, 11) is 1.54. The van der Waals surface area contributed by atoms with E-state index in [1.165, 1.54) is 24.4 Å². The number of nitro groups is 1. The predicted octanol–water partition coefficient (Wildman–Crippen LogP) is 3.18. The van der Waals surface area contributed by atoms with Crippen LogP contribution in [0.4, 0.5) is 24.5 Å². The lowest BCUT2D eigenvalue weighted by molar-refractivity contribution is -0.383. The fourth-order valence-electron chi connectivity index (χ4n) is 2.11. The topological polar surface area (TPSA) is 106 Å². The molecule has 0 radical (unpaired) electrons. The fourth-order valence-corrected chi connectivity index (χ4v) is 2.11. The third kappa shape index (κ3) is 5.69. The van der Waals surface area contributed by atoms with Gasteiger partial charge in [0.1, 0.15) is 11.4 Å². The number of rotatable bonds is 7. The number of benzene rings is 2. The number of halogens is 3. The summed E-state index contributed by atoms with van der Waals surface area (Å²) >= 11 is 0. The summed E-state index contributed by atoms with van der Waals surface area (Å²) < 4.78 is 42.9. The molecule has 0 saturated heterocycles. The number of carbonyl (C=O) groups excluding carboxylic acids is 1. The smallest absolute Gasteiger partial charge is 0.416 e. The number of anilines is 1. The van der Waals surface area contributed by atoms with E-state index in [4.69, 9.17) is 4.74 Å². The van der Waals surface area contributed by atoms with Crippen LogP contribution in [0.15, 0.2) is 47.6 Å². The van der Waals surface area contributed by atoms with Crippen molar-refractivity contribution in [3.63, 3.8) is 0 Å². The molecule has 0 fully saturated rings. The molecule has 0 unspecified atom stereocenters. The van der Waals surface area contributed by atoms with Crippen molar-refractivity contribution >= 4 is 23.5 Å². The zero-order valence-electron chi connectivity index (χ0n) is 14.5. The number of amides is 1. The van der Waals surface area contributed by atoms with Crippen LogP contribution in [0.3, 0.4) is 0 Å². The lowest BCUT2D eigenvalue weighted by Crippen LogP contribution is -2.24. The summed E-state index contributed by atoms with van der Waals surface area (Å²) in [5, 5.41) is 17.3. The Hall–Kier alpha value is -3.63. The first-order chi connectivity index (χ1) is 13.2. The van der Waals surface area contributed by atoms with Crippen LogP contribution in [0.1, 0.15) is 11.1 Å². The van der Waals surface area contributed by atoms with Crippen molar-refractivity contribution in [2.75, 3.05) is 19.0 Å². The minimum atomic E-state index is -4.52. The highest BCUT2D eigenvalue weighted by molar-refractivity contribution is 5.85. The third-order valence-electron chi connectivity index (χ3n) is 3.42. The maximum absolute atomic E-state index is 12.6. The van der Waals surface area contributed by atoms with Crippen LogP contribution in [0, 0.1) is 10.1 Å². The lowest BCUT2D eigenvalue weighted by Gasteiger charge is -2.09. The molecule has 0 atom stereocenters. The first-order valence-corrected chi connectivity index (χ1v) is 7.79. The van der Waals surface area contributed by atoms with Crippen LogP contribution in [0.2, 0.25) is 0 Å². The minimum absolute atomic E-state index is 0.118. The van der Waals surface area contributed by atoms with Crippen LogP contribution >= 0.6 is 0 Å². The van der Waals surface area contributed by atoms with Crippen LogP contribution in [0.5, 0.6) is 5.75 Å². The summed E-state index contributed by atoms with van der Waals surface area (Å²) in [5.41, 5.74) is 1.75. The molecule has 2 N–H and O–H groups in total. The number of nitrogens with zero attached hydrogens (tertiary/aromatic N) is 2. The summed E-state index contributed by atoms with van der Waals surface area (Å²) in [5.74, 6) is -0.831. The number of ether oxygens (including phenoxy) is 1. The number of carbonyl (C=O) groups is 1. The average Bonchev–Trinajstić information content (AvgIpc) is 2.65. The molecule has 2 rings (SSSR count). The quantitative estimate of drug-likeness (QED) is 0.425. The molecular weight excluding hydrogens is 381 g/mol. The Morgan fingerprint density at radius 3 is 2.68 bits per heavy atom. The number of nitro benzene ring substituents is 1. The van der Waals surface area contributed by atoms with E-state index in [-0.39, 0.29) is 11.4 Å². The fraction of sp³-hybridized carbons (Fsp3) is 0.176. The Morgan fingerprint density at radius 1 is 1.29 bits per heavy atom. The van der Waals surface area contributed by atoms with Crippen molar-refractivity contribution in [2.24, 2.45) is 5.10 Å². The van der Waals surface area contributed by atoms with Gasteiger partial charge in [-0.1, -0.05) is 12.1 Å². The maximum Gasteiger partial charge on any atom is 0.416 e. The Labute approximate surface area is 157 Å².